The summed E-state index contributed by atoms with van der Waals surface area (Å²) in [7, 11) is 0. The van der Waals surface area contributed by atoms with Gasteiger partial charge in [0.05, 0.1) is 18.3 Å². The van der Waals surface area contributed by atoms with Gasteiger partial charge in [-0.05, 0) is 36.2 Å². The van der Waals surface area contributed by atoms with E-state index in [0.717, 1.165) is 5.56 Å². The van der Waals surface area contributed by atoms with Gasteiger partial charge < -0.3 is 11.1 Å². The lowest BCUT2D eigenvalue weighted by atomic mass is 10.1. The van der Waals surface area contributed by atoms with Crippen molar-refractivity contribution >= 4 is 34.8 Å². The summed E-state index contributed by atoms with van der Waals surface area (Å²) in [6.45, 7) is 0.509. The van der Waals surface area contributed by atoms with E-state index in [1.54, 1.807) is 24.3 Å². The summed E-state index contributed by atoms with van der Waals surface area (Å²) in [6, 6.07) is 8.80. The lowest BCUT2D eigenvalue weighted by Gasteiger charge is -2.07. The predicted molar refractivity (Wildman–Crippen MR) is 85.5 cm³/mol. The van der Waals surface area contributed by atoms with E-state index in [2.05, 4.69) is 10.3 Å². The van der Waals surface area contributed by atoms with Crippen molar-refractivity contribution in [3.8, 4) is 0 Å². The Morgan fingerprint density at radius 2 is 2.05 bits per heavy atom. The lowest BCUT2D eigenvalue weighted by Crippen LogP contribution is -2.27. The van der Waals surface area contributed by atoms with Crippen molar-refractivity contribution in [2.75, 3.05) is 12.3 Å². The van der Waals surface area contributed by atoms with Crippen molar-refractivity contribution in [2.45, 2.75) is 12.8 Å². The minimum absolute atomic E-state index is 0.0858. The van der Waals surface area contributed by atoms with Crippen LogP contribution < -0.4 is 11.1 Å². The Bertz CT molecular complexity index is 629. The van der Waals surface area contributed by atoms with E-state index >= 15 is 0 Å². The number of nitrogens with two attached hydrogens (primary N) is 1. The third-order valence-corrected chi connectivity index (χ3v) is 3.51. The molecule has 0 saturated carbocycles. The molecule has 0 spiro atoms. The Hall–Kier alpha value is -1.78. The van der Waals surface area contributed by atoms with Crippen LogP contribution in [0.4, 0.5) is 5.69 Å². The first-order valence-electron chi connectivity index (χ1n) is 6.45. The summed E-state index contributed by atoms with van der Waals surface area (Å²) in [6.07, 6.45) is 2.42. The average molecular weight is 324 g/mol. The fraction of sp³-hybridized carbons (Fsp3) is 0.200. The molecule has 0 atom stereocenters. The van der Waals surface area contributed by atoms with Gasteiger partial charge in [0.15, 0.2) is 0 Å². The molecule has 1 amide bonds. The van der Waals surface area contributed by atoms with E-state index in [9.17, 15) is 4.79 Å². The Morgan fingerprint density at radius 1 is 1.24 bits per heavy atom. The van der Waals surface area contributed by atoms with Crippen LogP contribution in [0.3, 0.4) is 0 Å². The highest BCUT2D eigenvalue weighted by atomic mass is 35.5. The SMILES string of the molecule is Nc1ccc(CC(=O)NCCc2ccc(Cl)cc2Cl)nc1. The summed E-state index contributed by atoms with van der Waals surface area (Å²) in [5, 5.41) is 4.04. The van der Waals surface area contributed by atoms with Gasteiger partial charge in [0.1, 0.15) is 0 Å². The van der Waals surface area contributed by atoms with E-state index < -0.39 is 0 Å². The van der Waals surface area contributed by atoms with Crippen LogP contribution in [0.25, 0.3) is 0 Å². The van der Waals surface area contributed by atoms with Crippen LogP contribution >= 0.6 is 23.2 Å². The van der Waals surface area contributed by atoms with E-state index in [0.29, 0.717) is 34.4 Å². The van der Waals surface area contributed by atoms with Crippen molar-refractivity contribution in [1.82, 2.24) is 10.3 Å². The molecule has 0 aliphatic rings. The topological polar surface area (TPSA) is 68.0 Å². The summed E-state index contributed by atoms with van der Waals surface area (Å²) in [5.74, 6) is -0.0858. The number of rotatable bonds is 5. The van der Waals surface area contributed by atoms with Crippen molar-refractivity contribution in [1.29, 1.82) is 0 Å². The normalized spacial score (nSPS) is 10.4. The van der Waals surface area contributed by atoms with Crippen LogP contribution in [0.15, 0.2) is 36.5 Å². The van der Waals surface area contributed by atoms with Crippen LogP contribution in [-0.2, 0) is 17.6 Å². The number of nitrogens with zero attached hydrogens (tertiary/aromatic N) is 1. The molecule has 0 aliphatic carbocycles. The Morgan fingerprint density at radius 3 is 2.71 bits per heavy atom. The molecule has 0 radical (unpaired) electrons. The molecule has 110 valence electrons. The van der Waals surface area contributed by atoms with Gasteiger partial charge in [0, 0.05) is 22.3 Å². The zero-order valence-electron chi connectivity index (χ0n) is 11.3. The maximum Gasteiger partial charge on any atom is 0.226 e. The molecular formula is C15H15Cl2N3O. The number of nitrogens with one attached hydrogen (secondary N) is 1. The van der Waals surface area contributed by atoms with Crippen molar-refractivity contribution < 1.29 is 4.79 Å². The minimum Gasteiger partial charge on any atom is -0.397 e. The van der Waals surface area contributed by atoms with Gasteiger partial charge in [-0.2, -0.15) is 0 Å². The molecule has 1 aromatic carbocycles. The van der Waals surface area contributed by atoms with Crippen LogP contribution in [0.5, 0.6) is 0 Å². The average Bonchev–Trinajstić information content (AvgIpc) is 2.44. The minimum atomic E-state index is -0.0858. The number of pyridine rings is 1. The second-order valence-electron chi connectivity index (χ2n) is 4.60. The highest BCUT2D eigenvalue weighted by Crippen LogP contribution is 2.21. The molecule has 21 heavy (non-hydrogen) atoms. The third-order valence-electron chi connectivity index (χ3n) is 2.92. The number of carbonyl (C=O) groups is 1. The number of carbonyl (C=O) groups excluding carboxylic acids is 1. The van der Waals surface area contributed by atoms with E-state index in [1.165, 1.54) is 6.20 Å². The standard InChI is InChI=1S/C15H15Cl2N3O/c16-11-2-1-10(14(17)7-11)5-6-19-15(21)8-13-4-3-12(18)9-20-13/h1-4,7,9H,5-6,8,18H2,(H,19,21). The molecule has 1 heterocycles. The summed E-state index contributed by atoms with van der Waals surface area (Å²) in [5.41, 5.74) is 7.76. The Labute approximate surface area is 133 Å². The third kappa shape index (κ3) is 4.92. The first-order chi connectivity index (χ1) is 10.0. The van der Waals surface area contributed by atoms with Crippen LogP contribution in [-0.4, -0.2) is 17.4 Å². The van der Waals surface area contributed by atoms with Crippen LogP contribution in [0.1, 0.15) is 11.3 Å². The van der Waals surface area contributed by atoms with Gasteiger partial charge in [0.25, 0.3) is 0 Å². The number of anilines is 1. The number of amides is 1. The smallest absolute Gasteiger partial charge is 0.226 e. The number of halogens is 2. The zero-order valence-corrected chi connectivity index (χ0v) is 12.8. The largest absolute Gasteiger partial charge is 0.397 e. The number of benzene rings is 1. The molecule has 3 N–H and O–H groups in total. The maximum atomic E-state index is 11.8. The zero-order chi connectivity index (χ0) is 15.2. The van der Waals surface area contributed by atoms with Crippen molar-refractivity contribution in [3.63, 3.8) is 0 Å². The van der Waals surface area contributed by atoms with Gasteiger partial charge in [-0.3, -0.25) is 9.78 Å². The van der Waals surface area contributed by atoms with E-state index in [1.807, 2.05) is 6.07 Å². The molecule has 2 aromatic rings. The van der Waals surface area contributed by atoms with Gasteiger partial charge in [-0.15, -0.1) is 0 Å². The molecule has 1 aromatic heterocycles. The monoisotopic (exact) mass is 323 g/mol. The van der Waals surface area contributed by atoms with Gasteiger partial charge in [-0.1, -0.05) is 29.3 Å². The molecule has 0 bridgehead atoms. The first kappa shape index (κ1) is 15.6. The second-order valence-corrected chi connectivity index (χ2v) is 5.44. The lowest BCUT2D eigenvalue weighted by molar-refractivity contribution is -0.120. The summed E-state index contributed by atoms with van der Waals surface area (Å²) in [4.78, 5) is 15.9. The van der Waals surface area contributed by atoms with Gasteiger partial charge >= 0.3 is 0 Å². The van der Waals surface area contributed by atoms with E-state index in [4.69, 9.17) is 28.9 Å². The Balaban J connectivity index is 1.80. The molecule has 6 heteroatoms. The number of nitrogen functional groups attached to an aromatic ring is 1. The van der Waals surface area contributed by atoms with Crippen LogP contribution in [0.2, 0.25) is 10.0 Å². The molecule has 4 nitrogen and oxygen atoms in total. The predicted octanol–water partition coefficient (Wildman–Crippen LogP) is 2.87. The number of hydrogen-bond donors (Lipinski definition) is 2. The molecule has 0 aliphatic heterocycles. The fourth-order valence-corrected chi connectivity index (χ4v) is 2.33. The second kappa shape index (κ2) is 7.29. The quantitative estimate of drug-likeness (QED) is 0.889. The molecule has 0 saturated heterocycles. The molecule has 0 unspecified atom stereocenters. The van der Waals surface area contributed by atoms with E-state index in [-0.39, 0.29) is 12.3 Å². The van der Waals surface area contributed by atoms with Gasteiger partial charge in [-0.25, -0.2) is 0 Å². The van der Waals surface area contributed by atoms with Crippen LogP contribution in [0, 0.1) is 0 Å². The summed E-state index contributed by atoms with van der Waals surface area (Å²) < 4.78 is 0. The van der Waals surface area contributed by atoms with Gasteiger partial charge in [0.2, 0.25) is 5.91 Å². The molecular weight excluding hydrogens is 309 g/mol. The number of aromatic nitrogens is 1. The summed E-state index contributed by atoms with van der Waals surface area (Å²) >= 11 is 11.9. The maximum absolute atomic E-state index is 11.8. The number of hydrogen-bond acceptors (Lipinski definition) is 3. The van der Waals surface area contributed by atoms with Crippen molar-refractivity contribution in [2.24, 2.45) is 0 Å². The highest BCUT2D eigenvalue weighted by molar-refractivity contribution is 6.35. The first-order valence-corrected chi connectivity index (χ1v) is 7.21. The fourth-order valence-electron chi connectivity index (χ4n) is 1.83. The van der Waals surface area contributed by atoms with Crippen molar-refractivity contribution in [3.05, 3.63) is 57.8 Å². The molecule has 2 rings (SSSR count). The molecule has 0 fully saturated rings. The highest BCUT2D eigenvalue weighted by Gasteiger charge is 2.05. The Kier molecular flexibility index (Phi) is 5.42.